The maximum Gasteiger partial charge on any atom is 0.305 e. The van der Waals surface area contributed by atoms with Gasteiger partial charge in [0.05, 0.1) is 17.0 Å². The van der Waals surface area contributed by atoms with Crippen LogP contribution in [0.15, 0.2) is 54.6 Å². The van der Waals surface area contributed by atoms with Gasteiger partial charge in [0.2, 0.25) is 5.91 Å². The number of carbonyl (C=O) groups excluding carboxylic acids is 1. The molecule has 1 atom stereocenters. The molecular weight excluding hydrogens is 563 g/mol. The number of fused-ring (bicyclic) bond motifs is 1. The van der Waals surface area contributed by atoms with E-state index in [1.807, 2.05) is 70.9 Å². The summed E-state index contributed by atoms with van der Waals surface area (Å²) in [5, 5.41) is 15.7. The van der Waals surface area contributed by atoms with Gasteiger partial charge in [-0.1, -0.05) is 60.5 Å². The van der Waals surface area contributed by atoms with Crippen molar-refractivity contribution >= 4 is 52.4 Å². The molecule has 9 nitrogen and oxygen atoms in total. The minimum atomic E-state index is -0.838. The van der Waals surface area contributed by atoms with Gasteiger partial charge in [-0.3, -0.25) is 9.59 Å². The van der Waals surface area contributed by atoms with Crippen molar-refractivity contribution < 1.29 is 14.7 Å². The van der Waals surface area contributed by atoms with E-state index in [2.05, 4.69) is 4.90 Å². The van der Waals surface area contributed by atoms with Crippen molar-refractivity contribution in [1.29, 1.82) is 0 Å². The second kappa shape index (κ2) is 10.5. The molecule has 2 aromatic heterocycles. The van der Waals surface area contributed by atoms with E-state index in [0.717, 1.165) is 28.9 Å². The average molecular weight is 594 g/mol. The first kappa shape index (κ1) is 27.4. The Balaban J connectivity index is 1.57. The Morgan fingerprint density at radius 2 is 1.78 bits per heavy atom. The maximum absolute atomic E-state index is 12.2. The molecule has 2 saturated heterocycles. The molecule has 2 fully saturated rings. The van der Waals surface area contributed by atoms with Crippen molar-refractivity contribution in [2.24, 2.45) is 11.1 Å². The van der Waals surface area contributed by atoms with Gasteiger partial charge < -0.3 is 20.6 Å². The third kappa shape index (κ3) is 4.97. The molecule has 11 heteroatoms. The number of piperidine rings is 1. The molecule has 0 aliphatic carbocycles. The summed E-state index contributed by atoms with van der Waals surface area (Å²) >= 11 is 12.9. The number of aromatic nitrogens is 3. The van der Waals surface area contributed by atoms with Gasteiger partial charge in [0.25, 0.3) is 0 Å². The Kier molecular flexibility index (Phi) is 7.03. The van der Waals surface area contributed by atoms with Gasteiger partial charge in [0.15, 0.2) is 5.65 Å². The molecule has 0 unspecified atom stereocenters. The van der Waals surface area contributed by atoms with Crippen molar-refractivity contribution in [1.82, 2.24) is 14.6 Å². The number of aliphatic carboxylic acids is 1. The van der Waals surface area contributed by atoms with Crippen LogP contribution in [-0.4, -0.2) is 57.3 Å². The van der Waals surface area contributed by atoms with Crippen LogP contribution in [0.2, 0.25) is 10.0 Å². The minimum absolute atomic E-state index is 0.0387. The van der Waals surface area contributed by atoms with Crippen LogP contribution < -0.4 is 15.5 Å². The number of primary amides is 1. The van der Waals surface area contributed by atoms with Crippen LogP contribution in [0.3, 0.4) is 0 Å². The van der Waals surface area contributed by atoms with Crippen LogP contribution >= 0.6 is 23.2 Å². The standard InChI is InChI=1S/C30H30Cl2N6O3/c1-30(29(33)41)11-14-36(15-12-30)24-17-23(37-13-10-20(37)16-25(39)40)34-28-26(18-6-8-19(31)9-7-18)27(35-38(24)28)21-4-2-3-5-22(21)32/h2-9,17,20H,10-16H2,1H3,(H2,33,41)(H,39,40)/t20-/m1/s1. The molecule has 2 aromatic carbocycles. The van der Waals surface area contributed by atoms with E-state index in [4.69, 9.17) is 39.0 Å². The largest absolute Gasteiger partial charge is 0.481 e. The highest BCUT2D eigenvalue weighted by Crippen LogP contribution is 2.42. The van der Waals surface area contributed by atoms with E-state index in [1.165, 1.54) is 0 Å². The second-order valence-electron chi connectivity index (χ2n) is 11.1. The van der Waals surface area contributed by atoms with Gasteiger partial charge in [-0.05, 0) is 43.0 Å². The molecule has 0 bridgehead atoms. The van der Waals surface area contributed by atoms with Crippen molar-refractivity contribution in [3.63, 3.8) is 0 Å². The first-order valence-electron chi connectivity index (χ1n) is 13.6. The number of halogens is 2. The molecular formula is C30H30Cl2N6O3. The second-order valence-corrected chi connectivity index (χ2v) is 11.9. The summed E-state index contributed by atoms with van der Waals surface area (Å²) in [6.45, 7) is 3.84. The Labute approximate surface area is 247 Å². The molecule has 0 radical (unpaired) electrons. The number of anilines is 2. The van der Waals surface area contributed by atoms with Crippen molar-refractivity contribution in [3.05, 3.63) is 64.6 Å². The Morgan fingerprint density at radius 3 is 2.39 bits per heavy atom. The van der Waals surface area contributed by atoms with Gasteiger partial charge in [-0.2, -0.15) is 9.61 Å². The highest BCUT2D eigenvalue weighted by Gasteiger charge is 2.37. The first-order valence-corrected chi connectivity index (χ1v) is 14.4. The van der Waals surface area contributed by atoms with Crippen LogP contribution in [0, 0.1) is 5.41 Å². The number of carboxylic acids is 1. The SMILES string of the molecule is CC1(C(N)=O)CCN(c2cc(N3CC[C@@H]3CC(=O)O)nc3c(-c4ccc(Cl)cc4)c(-c4ccccc4Cl)nn23)CC1. The van der Waals surface area contributed by atoms with E-state index in [-0.39, 0.29) is 18.4 Å². The number of hydrogen-bond donors (Lipinski definition) is 2. The van der Waals surface area contributed by atoms with Gasteiger partial charge >= 0.3 is 5.97 Å². The quantitative estimate of drug-likeness (QED) is 0.290. The van der Waals surface area contributed by atoms with E-state index in [0.29, 0.717) is 59.7 Å². The average Bonchev–Trinajstić information content (AvgIpc) is 3.31. The highest BCUT2D eigenvalue weighted by molar-refractivity contribution is 6.33. The number of hydrogen-bond acceptors (Lipinski definition) is 6. The highest BCUT2D eigenvalue weighted by atomic mass is 35.5. The Morgan fingerprint density at radius 1 is 1.07 bits per heavy atom. The lowest BCUT2D eigenvalue weighted by molar-refractivity contribution is -0.137. The molecule has 1 amide bonds. The molecule has 0 spiro atoms. The number of amides is 1. The fourth-order valence-corrected chi connectivity index (χ4v) is 6.07. The predicted octanol–water partition coefficient (Wildman–Crippen LogP) is 5.52. The molecule has 41 heavy (non-hydrogen) atoms. The Bertz CT molecular complexity index is 1650. The van der Waals surface area contributed by atoms with Crippen LogP contribution in [0.5, 0.6) is 0 Å². The van der Waals surface area contributed by atoms with Gasteiger partial charge in [-0.25, -0.2) is 4.98 Å². The van der Waals surface area contributed by atoms with Crippen molar-refractivity contribution in [2.45, 2.75) is 38.6 Å². The number of carboxylic acid groups (broad SMARTS) is 1. The molecule has 3 N–H and O–H groups in total. The smallest absolute Gasteiger partial charge is 0.305 e. The number of carbonyl (C=O) groups is 2. The van der Waals surface area contributed by atoms with E-state index < -0.39 is 11.4 Å². The molecule has 2 aliphatic heterocycles. The molecule has 2 aliphatic rings. The summed E-state index contributed by atoms with van der Waals surface area (Å²) in [5.74, 6) is 0.370. The van der Waals surface area contributed by atoms with Crippen LogP contribution in [0.4, 0.5) is 11.6 Å². The van der Waals surface area contributed by atoms with Gasteiger partial charge in [0, 0.05) is 47.7 Å². The summed E-state index contributed by atoms with van der Waals surface area (Å²) in [5.41, 5.74) is 8.90. The summed E-state index contributed by atoms with van der Waals surface area (Å²) in [6.07, 6.45) is 2.03. The summed E-state index contributed by atoms with van der Waals surface area (Å²) in [7, 11) is 0. The zero-order valence-corrected chi connectivity index (χ0v) is 24.1. The molecule has 0 saturated carbocycles. The lowest BCUT2D eigenvalue weighted by atomic mass is 9.80. The fourth-order valence-electron chi connectivity index (χ4n) is 5.72. The minimum Gasteiger partial charge on any atom is -0.481 e. The number of nitrogens with zero attached hydrogens (tertiary/aromatic N) is 5. The monoisotopic (exact) mass is 592 g/mol. The lowest BCUT2D eigenvalue weighted by Crippen LogP contribution is -2.49. The number of benzene rings is 2. The lowest BCUT2D eigenvalue weighted by Gasteiger charge is -2.42. The summed E-state index contributed by atoms with van der Waals surface area (Å²) < 4.78 is 1.84. The number of nitrogens with two attached hydrogens (primary N) is 1. The van der Waals surface area contributed by atoms with E-state index >= 15 is 0 Å². The van der Waals surface area contributed by atoms with E-state index in [9.17, 15) is 14.7 Å². The maximum atomic E-state index is 12.2. The van der Waals surface area contributed by atoms with Crippen molar-refractivity contribution in [2.75, 3.05) is 29.4 Å². The predicted molar refractivity (Wildman–Crippen MR) is 161 cm³/mol. The van der Waals surface area contributed by atoms with E-state index in [1.54, 1.807) is 0 Å². The van der Waals surface area contributed by atoms with Crippen LogP contribution in [0.1, 0.15) is 32.6 Å². The fraction of sp³-hybridized carbons (Fsp3) is 0.333. The van der Waals surface area contributed by atoms with Gasteiger partial charge in [-0.15, -0.1) is 0 Å². The normalized spacial score (nSPS) is 18.4. The molecule has 6 rings (SSSR count). The third-order valence-corrected chi connectivity index (χ3v) is 9.03. The molecule has 4 heterocycles. The molecule has 212 valence electrons. The summed E-state index contributed by atoms with van der Waals surface area (Å²) in [6, 6.07) is 16.9. The first-order chi connectivity index (χ1) is 19.6. The summed E-state index contributed by atoms with van der Waals surface area (Å²) in [4.78, 5) is 33.1. The van der Waals surface area contributed by atoms with Crippen LogP contribution in [0.25, 0.3) is 28.0 Å². The Hall–Kier alpha value is -3.82. The third-order valence-electron chi connectivity index (χ3n) is 8.45. The molecule has 4 aromatic rings. The zero-order chi connectivity index (χ0) is 28.9. The van der Waals surface area contributed by atoms with Crippen molar-refractivity contribution in [3.8, 4) is 22.4 Å². The van der Waals surface area contributed by atoms with Crippen LogP contribution in [-0.2, 0) is 9.59 Å². The topological polar surface area (TPSA) is 117 Å². The number of rotatable bonds is 7. The van der Waals surface area contributed by atoms with Gasteiger partial charge in [0.1, 0.15) is 17.3 Å². The zero-order valence-electron chi connectivity index (χ0n) is 22.6.